The summed E-state index contributed by atoms with van der Waals surface area (Å²) in [5.41, 5.74) is -1.23. The van der Waals surface area contributed by atoms with Gasteiger partial charge in [-0.25, -0.2) is 4.79 Å². The SMILES string of the molecule is CC(NC(=O)NCC(C)(O)c1ccco1)C1CCCO1. The van der Waals surface area contributed by atoms with Gasteiger partial charge in [-0.1, -0.05) is 0 Å². The van der Waals surface area contributed by atoms with Gasteiger partial charge in [0.25, 0.3) is 0 Å². The molecule has 0 saturated carbocycles. The highest BCUT2D eigenvalue weighted by atomic mass is 16.5. The maximum Gasteiger partial charge on any atom is 0.315 e. The number of rotatable bonds is 5. The van der Waals surface area contributed by atoms with Crippen LogP contribution in [0.5, 0.6) is 0 Å². The topological polar surface area (TPSA) is 83.7 Å². The van der Waals surface area contributed by atoms with Gasteiger partial charge >= 0.3 is 6.03 Å². The van der Waals surface area contributed by atoms with Gasteiger partial charge in [-0.15, -0.1) is 0 Å². The second-order valence-electron chi connectivity index (χ2n) is 5.42. The average molecular weight is 282 g/mol. The Morgan fingerprint density at radius 3 is 3.05 bits per heavy atom. The zero-order valence-electron chi connectivity index (χ0n) is 11.9. The molecule has 112 valence electrons. The summed E-state index contributed by atoms with van der Waals surface area (Å²) >= 11 is 0. The van der Waals surface area contributed by atoms with Crippen LogP contribution in [0.2, 0.25) is 0 Å². The van der Waals surface area contributed by atoms with E-state index in [4.69, 9.17) is 9.15 Å². The molecule has 3 N–H and O–H groups in total. The Kier molecular flexibility index (Phi) is 4.67. The molecule has 3 atom stereocenters. The van der Waals surface area contributed by atoms with E-state index >= 15 is 0 Å². The molecule has 3 unspecified atom stereocenters. The third-order valence-electron chi connectivity index (χ3n) is 3.53. The van der Waals surface area contributed by atoms with E-state index in [1.807, 2.05) is 6.92 Å². The second-order valence-corrected chi connectivity index (χ2v) is 5.42. The summed E-state index contributed by atoms with van der Waals surface area (Å²) in [5.74, 6) is 0.421. The molecule has 1 saturated heterocycles. The van der Waals surface area contributed by atoms with E-state index in [1.54, 1.807) is 19.1 Å². The van der Waals surface area contributed by atoms with Crippen molar-refractivity contribution in [2.45, 2.75) is 44.4 Å². The van der Waals surface area contributed by atoms with Crippen LogP contribution >= 0.6 is 0 Å². The summed E-state index contributed by atoms with van der Waals surface area (Å²) < 4.78 is 10.7. The molecule has 0 spiro atoms. The highest BCUT2D eigenvalue weighted by Gasteiger charge is 2.28. The van der Waals surface area contributed by atoms with E-state index in [0.29, 0.717) is 5.76 Å². The van der Waals surface area contributed by atoms with Crippen LogP contribution in [0.15, 0.2) is 22.8 Å². The molecule has 2 heterocycles. The van der Waals surface area contributed by atoms with Crippen molar-refractivity contribution in [1.29, 1.82) is 0 Å². The van der Waals surface area contributed by atoms with Crippen molar-refractivity contribution in [2.24, 2.45) is 0 Å². The Balaban J connectivity index is 1.77. The lowest BCUT2D eigenvalue weighted by atomic mass is 10.0. The summed E-state index contributed by atoms with van der Waals surface area (Å²) in [6.45, 7) is 4.34. The van der Waals surface area contributed by atoms with E-state index in [0.717, 1.165) is 19.4 Å². The van der Waals surface area contributed by atoms with Gasteiger partial charge in [0.15, 0.2) is 0 Å². The van der Waals surface area contributed by atoms with Crippen LogP contribution in [0.1, 0.15) is 32.4 Å². The molecule has 1 aromatic heterocycles. The number of nitrogens with one attached hydrogen (secondary N) is 2. The highest BCUT2D eigenvalue weighted by Crippen LogP contribution is 2.19. The monoisotopic (exact) mass is 282 g/mol. The molecule has 1 fully saturated rings. The molecule has 1 aliphatic heterocycles. The van der Waals surface area contributed by atoms with Crippen molar-refractivity contribution in [3.8, 4) is 0 Å². The minimum absolute atomic E-state index is 0.0499. The van der Waals surface area contributed by atoms with Gasteiger partial charge in [-0.05, 0) is 38.8 Å². The average Bonchev–Trinajstić information content (AvgIpc) is 3.08. The molecule has 0 aromatic carbocycles. The van der Waals surface area contributed by atoms with Crippen molar-refractivity contribution >= 4 is 6.03 Å². The lowest BCUT2D eigenvalue weighted by Gasteiger charge is -2.24. The first-order valence-electron chi connectivity index (χ1n) is 6.91. The third kappa shape index (κ3) is 3.74. The summed E-state index contributed by atoms with van der Waals surface area (Å²) in [4.78, 5) is 11.8. The maximum absolute atomic E-state index is 11.8. The Bertz CT molecular complexity index is 424. The molecule has 1 aromatic rings. The molecule has 6 heteroatoms. The lowest BCUT2D eigenvalue weighted by Crippen LogP contribution is -2.49. The molecule has 20 heavy (non-hydrogen) atoms. The first kappa shape index (κ1) is 14.9. The van der Waals surface area contributed by atoms with Gasteiger partial charge < -0.3 is 24.9 Å². The zero-order valence-corrected chi connectivity index (χ0v) is 11.9. The standard InChI is InChI=1S/C14H22N2O4/c1-10(11-5-3-7-19-11)16-13(17)15-9-14(2,18)12-6-4-8-20-12/h4,6,8,10-11,18H,3,5,7,9H2,1-2H3,(H2,15,16,17). The number of carbonyl (C=O) groups excluding carboxylic acids is 1. The van der Waals surface area contributed by atoms with Crippen molar-refractivity contribution in [3.63, 3.8) is 0 Å². The highest BCUT2D eigenvalue weighted by molar-refractivity contribution is 5.74. The minimum Gasteiger partial charge on any atom is -0.466 e. The quantitative estimate of drug-likeness (QED) is 0.761. The predicted molar refractivity (Wildman–Crippen MR) is 73.2 cm³/mol. The molecule has 0 aliphatic carbocycles. The van der Waals surface area contributed by atoms with Gasteiger partial charge in [0.05, 0.1) is 25.0 Å². The number of amides is 2. The van der Waals surface area contributed by atoms with Crippen molar-refractivity contribution in [1.82, 2.24) is 10.6 Å². The van der Waals surface area contributed by atoms with Crippen molar-refractivity contribution in [2.75, 3.05) is 13.2 Å². The van der Waals surface area contributed by atoms with Gasteiger partial charge in [-0.3, -0.25) is 0 Å². The first-order valence-corrected chi connectivity index (χ1v) is 6.91. The summed E-state index contributed by atoms with van der Waals surface area (Å²) in [6, 6.07) is 3.00. The lowest BCUT2D eigenvalue weighted by molar-refractivity contribution is 0.0362. The van der Waals surface area contributed by atoms with E-state index < -0.39 is 5.60 Å². The van der Waals surface area contributed by atoms with Crippen LogP contribution < -0.4 is 10.6 Å². The number of aliphatic hydroxyl groups is 1. The van der Waals surface area contributed by atoms with Crippen LogP contribution in [0.4, 0.5) is 4.79 Å². The molecular weight excluding hydrogens is 260 g/mol. The van der Waals surface area contributed by atoms with Crippen LogP contribution in [0, 0.1) is 0 Å². The third-order valence-corrected chi connectivity index (χ3v) is 3.53. The summed E-state index contributed by atoms with van der Waals surface area (Å²) in [5, 5.41) is 15.7. The molecule has 2 amide bonds. The minimum atomic E-state index is -1.23. The van der Waals surface area contributed by atoms with E-state index in [1.165, 1.54) is 6.26 Å². The van der Waals surface area contributed by atoms with Crippen LogP contribution in [-0.4, -0.2) is 36.4 Å². The van der Waals surface area contributed by atoms with Gasteiger partial charge in [-0.2, -0.15) is 0 Å². The molecular formula is C14H22N2O4. The fraction of sp³-hybridized carbons (Fsp3) is 0.643. The Labute approximate surface area is 118 Å². The van der Waals surface area contributed by atoms with Gasteiger partial charge in [0.2, 0.25) is 0 Å². The van der Waals surface area contributed by atoms with Crippen molar-refractivity contribution in [3.05, 3.63) is 24.2 Å². The number of ether oxygens (including phenoxy) is 1. The Hall–Kier alpha value is -1.53. The number of hydrogen-bond donors (Lipinski definition) is 3. The Morgan fingerprint density at radius 2 is 2.45 bits per heavy atom. The van der Waals surface area contributed by atoms with Gasteiger partial charge in [0.1, 0.15) is 11.4 Å². The molecule has 6 nitrogen and oxygen atoms in total. The largest absolute Gasteiger partial charge is 0.466 e. The van der Waals surface area contributed by atoms with E-state index in [2.05, 4.69) is 10.6 Å². The van der Waals surface area contributed by atoms with Crippen LogP contribution in [0.25, 0.3) is 0 Å². The molecule has 2 rings (SSSR count). The summed E-state index contributed by atoms with van der Waals surface area (Å²) in [7, 11) is 0. The first-order chi connectivity index (χ1) is 9.49. The molecule has 0 bridgehead atoms. The number of hydrogen-bond acceptors (Lipinski definition) is 4. The molecule has 0 radical (unpaired) electrons. The predicted octanol–water partition coefficient (Wildman–Crippen LogP) is 1.35. The van der Waals surface area contributed by atoms with Gasteiger partial charge in [0, 0.05) is 6.61 Å². The maximum atomic E-state index is 11.8. The normalized spacial score (nSPS) is 23.1. The number of carbonyl (C=O) groups is 1. The van der Waals surface area contributed by atoms with Crippen molar-refractivity contribution < 1.29 is 19.1 Å². The Morgan fingerprint density at radius 1 is 1.65 bits per heavy atom. The van der Waals surface area contributed by atoms with Crippen LogP contribution in [0.3, 0.4) is 0 Å². The zero-order chi connectivity index (χ0) is 14.6. The van der Waals surface area contributed by atoms with Crippen LogP contribution in [-0.2, 0) is 10.3 Å². The fourth-order valence-corrected chi connectivity index (χ4v) is 2.27. The van der Waals surface area contributed by atoms with E-state index in [9.17, 15) is 9.90 Å². The summed E-state index contributed by atoms with van der Waals surface area (Å²) in [6.07, 6.45) is 3.56. The number of urea groups is 1. The number of furan rings is 1. The van der Waals surface area contributed by atoms with E-state index in [-0.39, 0.29) is 24.7 Å². The smallest absolute Gasteiger partial charge is 0.315 e. The molecule has 1 aliphatic rings. The second kappa shape index (κ2) is 6.28. The fourth-order valence-electron chi connectivity index (χ4n) is 2.27.